The number of nitrogens with zero attached hydrogens (tertiary/aromatic N) is 2. The first-order chi connectivity index (χ1) is 18.2. The van der Waals surface area contributed by atoms with E-state index in [4.69, 9.17) is 23.2 Å². The molecular weight excluding hydrogens is 600 g/mol. The molecule has 40 heavy (non-hydrogen) atoms. The molecule has 0 radical (unpaired) electrons. The molecule has 1 atom stereocenters. The van der Waals surface area contributed by atoms with Gasteiger partial charge in [0.1, 0.15) is 11.9 Å². The SMILES string of the molecule is CC(F)(F)CCS(=O)(=O)N(Cc1ccc(Cl)c(Cl)c1)C12CC(C3=N[C@@H](C(=O)CCCC(F)(F)F)C(C)(C)N3)(C1)C2. The predicted molar refractivity (Wildman–Crippen MR) is 143 cm³/mol. The number of alkyl halides is 5. The summed E-state index contributed by atoms with van der Waals surface area (Å²) in [5, 5.41) is 3.80. The van der Waals surface area contributed by atoms with E-state index < -0.39 is 63.3 Å². The van der Waals surface area contributed by atoms with E-state index >= 15 is 0 Å². The number of nitrogens with one attached hydrogen (secondary N) is 1. The number of carbonyl (C=O) groups is 1. The Labute approximate surface area is 240 Å². The molecule has 3 saturated carbocycles. The van der Waals surface area contributed by atoms with Crippen molar-refractivity contribution < 1.29 is 35.2 Å². The molecule has 0 aromatic heterocycles. The van der Waals surface area contributed by atoms with Crippen LogP contribution in [-0.4, -0.2) is 59.3 Å². The van der Waals surface area contributed by atoms with E-state index in [0.29, 0.717) is 42.6 Å². The van der Waals surface area contributed by atoms with Gasteiger partial charge in [0.15, 0.2) is 5.78 Å². The van der Waals surface area contributed by atoms with Crippen molar-refractivity contribution in [3.8, 4) is 0 Å². The fourth-order valence-corrected chi connectivity index (χ4v) is 8.36. The van der Waals surface area contributed by atoms with E-state index in [9.17, 15) is 35.2 Å². The number of halogens is 7. The number of amidine groups is 1. The predicted octanol–water partition coefficient (Wildman–Crippen LogP) is 6.54. The third kappa shape index (κ3) is 6.44. The van der Waals surface area contributed by atoms with Crippen molar-refractivity contribution in [2.45, 2.75) is 101 Å². The highest BCUT2D eigenvalue weighted by atomic mass is 35.5. The summed E-state index contributed by atoms with van der Waals surface area (Å²) in [5.74, 6) is -3.73. The zero-order valence-corrected chi connectivity index (χ0v) is 24.7. The van der Waals surface area contributed by atoms with Crippen LogP contribution >= 0.6 is 23.2 Å². The molecule has 0 unspecified atom stereocenters. The minimum Gasteiger partial charge on any atom is -0.366 e. The highest BCUT2D eigenvalue weighted by Crippen LogP contribution is 2.71. The maximum Gasteiger partial charge on any atom is 0.389 e. The first kappa shape index (κ1) is 31.4. The smallest absolute Gasteiger partial charge is 0.366 e. The minimum atomic E-state index is -4.34. The van der Waals surface area contributed by atoms with Gasteiger partial charge in [-0.15, -0.1) is 0 Å². The molecule has 2 bridgehead atoms. The summed E-state index contributed by atoms with van der Waals surface area (Å²) in [5.41, 5.74) is -1.58. The van der Waals surface area contributed by atoms with Crippen molar-refractivity contribution >= 4 is 44.8 Å². The van der Waals surface area contributed by atoms with Gasteiger partial charge in [-0.1, -0.05) is 29.3 Å². The Morgan fingerprint density at radius 3 is 2.27 bits per heavy atom. The molecule has 0 saturated heterocycles. The van der Waals surface area contributed by atoms with Crippen molar-refractivity contribution in [1.82, 2.24) is 9.62 Å². The number of Topliss-reactive ketones (excluding diaryl/α,β-unsaturated/α-hetero) is 1. The molecule has 6 nitrogen and oxygen atoms in total. The number of carbonyl (C=O) groups excluding carboxylic acids is 1. The summed E-state index contributed by atoms with van der Waals surface area (Å²) in [6, 6.07) is 3.86. The number of aliphatic imine (C=N–C) groups is 1. The maximum atomic E-state index is 13.6. The van der Waals surface area contributed by atoms with E-state index in [0.717, 1.165) is 0 Å². The molecule has 224 valence electrons. The third-order valence-corrected chi connectivity index (χ3v) is 10.7. The van der Waals surface area contributed by atoms with E-state index in [2.05, 4.69) is 10.3 Å². The highest BCUT2D eigenvalue weighted by Gasteiger charge is 2.75. The topological polar surface area (TPSA) is 78.8 Å². The molecular formula is C26H32Cl2F5N3O3S. The van der Waals surface area contributed by atoms with Crippen molar-refractivity contribution in [2.75, 3.05) is 5.75 Å². The second-order valence-corrected chi connectivity index (χ2v) is 14.9. The van der Waals surface area contributed by atoms with Gasteiger partial charge in [-0.25, -0.2) is 17.2 Å². The summed E-state index contributed by atoms with van der Waals surface area (Å²) in [6.07, 6.45) is -5.65. The first-order valence-corrected chi connectivity index (χ1v) is 15.3. The van der Waals surface area contributed by atoms with Crippen molar-refractivity contribution in [3.63, 3.8) is 0 Å². The van der Waals surface area contributed by atoms with Crippen LogP contribution in [0, 0.1) is 5.41 Å². The zero-order chi connectivity index (χ0) is 29.9. The van der Waals surface area contributed by atoms with Gasteiger partial charge in [-0.3, -0.25) is 9.79 Å². The molecule has 0 amide bonds. The molecule has 1 aromatic carbocycles. The van der Waals surface area contributed by atoms with Gasteiger partial charge in [0.2, 0.25) is 15.9 Å². The maximum absolute atomic E-state index is 13.6. The van der Waals surface area contributed by atoms with Gasteiger partial charge in [0, 0.05) is 36.8 Å². The minimum absolute atomic E-state index is 0.0731. The van der Waals surface area contributed by atoms with Gasteiger partial charge in [0.05, 0.1) is 21.3 Å². The van der Waals surface area contributed by atoms with Gasteiger partial charge in [-0.2, -0.15) is 17.5 Å². The van der Waals surface area contributed by atoms with Crippen molar-refractivity contribution in [3.05, 3.63) is 33.8 Å². The van der Waals surface area contributed by atoms with Crippen molar-refractivity contribution in [1.29, 1.82) is 0 Å². The number of rotatable bonds is 12. The summed E-state index contributed by atoms with van der Waals surface area (Å²) < 4.78 is 92.9. The monoisotopic (exact) mass is 631 g/mol. The zero-order valence-electron chi connectivity index (χ0n) is 22.3. The Hall–Kier alpha value is -1.50. The van der Waals surface area contributed by atoms with Gasteiger partial charge >= 0.3 is 6.18 Å². The highest BCUT2D eigenvalue weighted by molar-refractivity contribution is 7.89. The van der Waals surface area contributed by atoms with E-state index in [1.807, 2.05) is 0 Å². The Balaban J connectivity index is 1.51. The van der Waals surface area contributed by atoms with E-state index in [-0.39, 0.29) is 30.2 Å². The second-order valence-electron chi connectivity index (χ2n) is 12.1. The lowest BCUT2D eigenvalue weighted by Crippen LogP contribution is -2.78. The van der Waals surface area contributed by atoms with Crippen LogP contribution in [0.15, 0.2) is 23.2 Å². The lowest BCUT2D eigenvalue weighted by Gasteiger charge is -2.73. The van der Waals surface area contributed by atoms with Crippen LogP contribution in [0.4, 0.5) is 22.0 Å². The van der Waals surface area contributed by atoms with E-state index in [1.165, 1.54) is 4.31 Å². The molecule has 14 heteroatoms. The normalized spacial score (nSPS) is 27.6. The lowest BCUT2D eigenvalue weighted by atomic mass is 9.38. The summed E-state index contributed by atoms with van der Waals surface area (Å²) in [7, 11) is -4.11. The van der Waals surface area contributed by atoms with Crippen molar-refractivity contribution in [2.24, 2.45) is 10.4 Å². The van der Waals surface area contributed by atoms with E-state index in [1.54, 1.807) is 32.0 Å². The lowest BCUT2D eigenvalue weighted by molar-refractivity contribution is -0.151. The average molecular weight is 633 g/mol. The summed E-state index contributed by atoms with van der Waals surface area (Å²) in [4.78, 5) is 17.4. The second kappa shape index (κ2) is 10.3. The average Bonchev–Trinajstić information content (AvgIpc) is 3.06. The quantitative estimate of drug-likeness (QED) is 0.266. The standard InChI is InChI=1S/C26H32Cl2F5N3O3S/c1-22(2)20(19(37)5-4-8-26(31,32)33)34-21(35-22)24-13-25(14-24,15-24)36(40(38,39)10-9-23(3,29)30)12-16-6-7-17(27)18(28)11-16/h6-7,11,20H,4-5,8-10,12-15H2,1-3H3,(H,34,35)/t20-,24?,25?/m0/s1. The van der Waals surface area contributed by atoms with Crippen LogP contribution in [0.2, 0.25) is 10.0 Å². The molecule has 1 heterocycles. The molecule has 3 fully saturated rings. The summed E-state index contributed by atoms with van der Waals surface area (Å²) >= 11 is 12.1. The number of hydrogen-bond donors (Lipinski definition) is 1. The summed E-state index contributed by atoms with van der Waals surface area (Å²) in [6.45, 7) is 4.11. The van der Waals surface area contributed by atoms with Crippen LogP contribution < -0.4 is 5.32 Å². The van der Waals surface area contributed by atoms with Crippen LogP contribution in [-0.2, 0) is 21.4 Å². The van der Waals surface area contributed by atoms with Crippen LogP contribution in [0.1, 0.15) is 71.3 Å². The number of ketones is 1. The number of benzene rings is 1. The molecule has 0 spiro atoms. The Morgan fingerprint density at radius 2 is 1.73 bits per heavy atom. The first-order valence-electron chi connectivity index (χ1n) is 13.0. The fraction of sp³-hybridized carbons (Fsp3) is 0.692. The number of hydrogen-bond acceptors (Lipinski definition) is 5. The molecule has 4 aliphatic rings. The van der Waals surface area contributed by atoms with Crippen LogP contribution in [0.3, 0.4) is 0 Å². The molecule has 1 aromatic rings. The van der Waals surface area contributed by atoms with Crippen LogP contribution in [0.25, 0.3) is 0 Å². The fourth-order valence-electron chi connectivity index (χ4n) is 6.07. The Morgan fingerprint density at radius 1 is 1.10 bits per heavy atom. The van der Waals surface area contributed by atoms with Gasteiger partial charge in [-0.05, 0) is 64.2 Å². The molecule has 5 rings (SSSR count). The molecule has 3 aliphatic carbocycles. The Bertz CT molecular complexity index is 1290. The third-order valence-electron chi connectivity index (χ3n) is 8.05. The molecule has 1 N–H and O–H groups in total. The largest absolute Gasteiger partial charge is 0.389 e. The number of sulfonamides is 1. The Kier molecular flexibility index (Phi) is 8.13. The molecule has 1 aliphatic heterocycles. The van der Waals surface area contributed by atoms with Crippen LogP contribution in [0.5, 0.6) is 0 Å². The van der Waals surface area contributed by atoms with Gasteiger partial charge in [0.25, 0.3) is 0 Å². The van der Waals surface area contributed by atoms with Gasteiger partial charge < -0.3 is 5.32 Å².